The second-order valence-corrected chi connectivity index (χ2v) is 10.4. The average molecular weight is 537 g/mol. The van der Waals surface area contributed by atoms with E-state index in [1.807, 2.05) is 0 Å². The second kappa shape index (κ2) is 8.71. The number of fused-ring (bicyclic) bond motifs is 2. The number of carboxylic acids is 1. The number of piperidine rings is 1. The zero-order valence-corrected chi connectivity index (χ0v) is 20.7. The fraction of sp³-hybridized carbons (Fsp3) is 0.348. The number of carbonyl (C=O) groups is 2. The van der Waals surface area contributed by atoms with Gasteiger partial charge in [-0.1, -0.05) is 22.9 Å². The Hall–Kier alpha value is -3.22. The predicted molar refractivity (Wildman–Crippen MR) is 135 cm³/mol. The molecule has 190 valence electrons. The Kier molecular flexibility index (Phi) is 5.92. The number of aromatic carboxylic acids is 1. The van der Waals surface area contributed by atoms with Crippen LogP contribution < -0.4 is 21.3 Å². The maximum atomic E-state index is 14.5. The van der Waals surface area contributed by atoms with Gasteiger partial charge in [0.15, 0.2) is 11.2 Å². The number of nitrogens with two attached hydrogens (primary N) is 1. The minimum absolute atomic E-state index is 0.0280. The number of aromatic nitrogens is 1. The number of hydrogen-bond donors (Lipinski definition) is 4. The number of rotatable bonds is 6. The first-order valence-corrected chi connectivity index (χ1v) is 12.3. The van der Waals surface area contributed by atoms with Crippen molar-refractivity contribution in [2.45, 2.75) is 30.6 Å². The normalized spacial score (nSPS) is 22.2. The van der Waals surface area contributed by atoms with Gasteiger partial charge in [0, 0.05) is 18.5 Å². The second-order valence-electron chi connectivity index (χ2n) is 8.98. The fourth-order valence-electron chi connectivity index (χ4n) is 4.96. The molecular formula is C23H23ClF2N6O3S. The van der Waals surface area contributed by atoms with Gasteiger partial charge < -0.3 is 26.4 Å². The first kappa shape index (κ1) is 24.5. The van der Waals surface area contributed by atoms with Crippen molar-refractivity contribution in [3.05, 3.63) is 47.0 Å². The number of hydrogen-bond acceptors (Lipinski definition) is 8. The highest BCUT2D eigenvalue weighted by Gasteiger charge is 2.55. The number of primary amides is 1. The number of anilines is 3. The number of amides is 1. The van der Waals surface area contributed by atoms with Crippen molar-refractivity contribution in [1.29, 1.82) is 0 Å². The molecule has 5 rings (SSSR count). The zero-order valence-electron chi connectivity index (χ0n) is 19.1. The Morgan fingerprint density at radius 3 is 2.78 bits per heavy atom. The van der Waals surface area contributed by atoms with E-state index in [2.05, 4.69) is 15.6 Å². The van der Waals surface area contributed by atoms with Crippen LogP contribution in [0.3, 0.4) is 0 Å². The SMILES string of the molecule is CN1c2ccc(C(=O)O)cc2NC1(Nc1nc2ccc(Cl)cc2s1)C(C(N)=O)N1CCCC(F)(F)C1. The lowest BCUT2D eigenvalue weighted by Gasteiger charge is -2.48. The maximum Gasteiger partial charge on any atom is 0.335 e. The Morgan fingerprint density at radius 1 is 1.31 bits per heavy atom. The van der Waals surface area contributed by atoms with Gasteiger partial charge >= 0.3 is 5.97 Å². The van der Waals surface area contributed by atoms with E-state index in [9.17, 15) is 23.5 Å². The molecule has 1 saturated heterocycles. The van der Waals surface area contributed by atoms with E-state index in [4.69, 9.17) is 17.3 Å². The van der Waals surface area contributed by atoms with Crippen LogP contribution in [0, 0.1) is 0 Å². The molecule has 5 N–H and O–H groups in total. The predicted octanol–water partition coefficient (Wildman–Crippen LogP) is 3.86. The molecule has 0 spiro atoms. The number of thiazole rings is 1. The summed E-state index contributed by atoms with van der Waals surface area (Å²) in [6, 6.07) is 8.39. The molecule has 0 bridgehead atoms. The van der Waals surface area contributed by atoms with E-state index in [0.29, 0.717) is 27.0 Å². The number of likely N-dealkylation sites (N-methyl/N-ethyl adjacent to an activating group) is 1. The molecule has 1 fully saturated rings. The van der Waals surface area contributed by atoms with Crippen molar-refractivity contribution in [2.24, 2.45) is 5.73 Å². The van der Waals surface area contributed by atoms with E-state index in [1.165, 1.54) is 28.4 Å². The number of carbonyl (C=O) groups excluding carboxylic acids is 1. The maximum absolute atomic E-state index is 14.5. The molecule has 2 unspecified atom stereocenters. The van der Waals surface area contributed by atoms with Crippen LogP contribution >= 0.6 is 22.9 Å². The first-order valence-electron chi connectivity index (χ1n) is 11.1. The van der Waals surface area contributed by atoms with Gasteiger partial charge in [0.1, 0.15) is 0 Å². The van der Waals surface area contributed by atoms with Crippen molar-refractivity contribution in [3.63, 3.8) is 0 Å². The van der Waals surface area contributed by atoms with Crippen molar-refractivity contribution in [1.82, 2.24) is 9.88 Å². The van der Waals surface area contributed by atoms with Gasteiger partial charge in [-0.2, -0.15) is 0 Å². The van der Waals surface area contributed by atoms with Crippen molar-refractivity contribution in [2.75, 3.05) is 35.7 Å². The van der Waals surface area contributed by atoms with Crippen molar-refractivity contribution in [3.8, 4) is 0 Å². The van der Waals surface area contributed by atoms with Crippen LogP contribution in [0.25, 0.3) is 10.2 Å². The lowest BCUT2D eigenvalue weighted by Crippen LogP contribution is -2.73. The molecule has 13 heteroatoms. The summed E-state index contributed by atoms with van der Waals surface area (Å²) in [6.07, 6.45) is -0.0914. The Labute approximate surface area is 213 Å². The van der Waals surface area contributed by atoms with Crippen LogP contribution in [-0.2, 0) is 4.79 Å². The minimum Gasteiger partial charge on any atom is -0.478 e. The van der Waals surface area contributed by atoms with Gasteiger partial charge in [0.2, 0.25) is 11.7 Å². The smallest absolute Gasteiger partial charge is 0.335 e. The number of nitrogens with one attached hydrogen (secondary N) is 2. The fourth-order valence-corrected chi connectivity index (χ4v) is 6.16. The monoisotopic (exact) mass is 536 g/mol. The van der Waals surface area contributed by atoms with E-state index in [1.54, 1.807) is 36.2 Å². The third kappa shape index (κ3) is 4.18. The molecule has 2 aromatic carbocycles. The summed E-state index contributed by atoms with van der Waals surface area (Å²) < 4.78 is 29.7. The molecule has 1 amide bonds. The summed E-state index contributed by atoms with van der Waals surface area (Å²) in [5, 5.41) is 16.9. The number of nitrogens with zero attached hydrogens (tertiary/aromatic N) is 3. The van der Waals surface area contributed by atoms with Gasteiger partial charge in [0.05, 0.1) is 33.7 Å². The molecule has 0 saturated carbocycles. The number of alkyl halides is 2. The van der Waals surface area contributed by atoms with Gasteiger partial charge in [-0.05, 0) is 49.4 Å². The van der Waals surface area contributed by atoms with E-state index in [-0.39, 0.29) is 24.9 Å². The van der Waals surface area contributed by atoms with E-state index < -0.39 is 36.2 Å². The minimum atomic E-state index is -2.99. The number of halogens is 3. The van der Waals surface area contributed by atoms with Crippen molar-refractivity contribution < 1.29 is 23.5 Å². The summed E-state index contributed by atoms with van der Waals surface area (Å²) in [5.74, 6) is -6.48. The summed E-state index contributed by atoms with van der Waals surface area (Å²) in [7, 11) is 1.68. The molecule has 3 heterocycles. The molecule has 3 aromatic rings. The zero-order chi connectivity index (χ0) is 25.8. The molecule has 9 nitrogen and oxygen atoms in total. The van der Waals surface area contributed by atoms with Crippen LogP contribution in [0.2, 0.25) is 5.02 Å². The van der Waals surface area contributed by atoms with Crippen molar-refractivity contribution >= 4 is 61.5 Å². The Morgan fingerprint density at radius 2 is 2.08 bits per heavy atom. The molecule has 0 radical (unpaired) electrons. The average Bonchev–Trinajstić information content (AvgIpc) is 3.30. The van der Waals surface area contributed by atoms with Crippen LogP contribution in [-0.4, -0.2) is 64.8 Å². The molecule has 2 atom stereocenters. The quantitative estimate of drug-likeness (QED) is 0.374. The van der Waals surface area contributed by atoms with Crippen LogP contribution in [0.5, 0.6) is 0 Å². The van der Waals surface area contributed by atoms with Crippen LogP contribution in [0.4, 0.5) is 25.3 Å². The highest BCUT2D eigenvalue weighted by atomic mass is 35.5. The lowest BCUT2D eigenvalue weighted by atomic mass is 9.99. The van der Waals surface area contributed by atoms with Crippen LogP contribution in [0.15, 0.2) is 36.4 Å². The standard InChI is InChI=1S/C23H23ClF2N6O3S/c1-31-16-6-3-12(20(34)35)9-15(16)29-23(31,18(19(27)33)32-8-2-7-22(25,26)11-32)30-21-28-14-5-4-13(24)10-17(14)36-21/h3-6,9-10,18,29H,2,7-8,11H2,1H3,(H2,27,33)(H,28,30)(H,34,35). The lowest BCUT2D eigenvalue weighted by molar-refractivity contribution is -0.131. The molecule has 2 aliphatic rings. The first-order chi connectivity index (χ1) is 17.0. The summed E-state index contributed by atoms with van der Waals surface area (Å²) in [6.45, 7) is -0.417. The largest absolute Gasteiger partial charge is 0.478 e. The van der Waals surface area contributed by atoms with E-state index >= 15 is 0 Å². The highest BCUT2D eigenvalue weighted by Crippen LogP contribution is 2.44. The highest BCUT2D eigenvalue weighted by molar-refractivity contribution is 7.22. The summed E-state index contributed by atoms with van der Waals surface area (Å²) >= 11 is 7.40. The van der Waals surface area contributed by atoms with Crippen LogP contribution in [0.1, 0.15) is 23.2 Å². The topological polar surface area (TPSA) is 124 Å². The molecule has 1 aromatic heterocycles. The molecule has 0 aliphatic carbocycles. The molecular weight excluding hydrogens is 514 g/mol. The van der Waals surface area contributed by atoms with E-state index in [0.717, 1.165) is 4.70 Å². The van der Waals surface area contributed by atoms with Gasteiger partial charge in [0.25, 0.3) is 5.92 Å². The van der Waals surface area contributed by atoms with Gasteiger partial charge in [-0.15, -0.1) is 0 Å². The molecule has 36 heavy (non-hydrogen) atoms. The molecule has 2 aliphatic heterocycles. The third-order valence-electron chi connectivity index (χ3n) is 6.56. The number of likely N-dealkylation sites (tertiary alicyclic amines) is 1. The van der Waals surface area contributed by atoms with Gasteiger partial charge in [-0.3, -0.25) is 9.69 Å². The number of carboxylic acid groups (broad SMARTS) is 1. The third-order valence-corrected chi connectivity index (χ3v) is 7.73. The summed E-state index contributed by atoms with van der Waals surface area (Å²) in [4.78, 5) is 32.2. The Bertz CT molecular complexity index is 1370. The van der Waals surface area contributed by atoms with Gasteiger partial charge in [-0.25, -0.2) is 18.6 Å². The number of benzene rings is 2. The summed E-state index contributed by atoms with van der Waals surface area (Å²) in [5.41, 5.74) is 7.54. The Balaban J connectivity index is 1.63.